The molecule has 0 saturated heterocycles. The maximum atomic E-state index is 4.30. The SMILES string of the molecule is CCn1nccc1CNc1ccc2nccnc2c1. The molecule has 0 aliphatic rings. The summed E-state index contributed by atoms with van der Waals surface area (Å²) in [5, 5.41) is 7.64. The van der Waals surface area contributed by atoms with Gasteiger partial charge in [0.2, 0.25) is 0 Å². The van der Waals surface area contributed by atoms with E-state index in [1.54, 1.807) is 12.4 Å². The number of benzene rings is 1. The molecule has 5 nitrogen and oxygen atoms in total. The van der Waals surface area contributed by atoms with Crippen molar-refractivity contribution in [3.05, 3.63) is 48.5 Å². The summed E-state index contributed by atoms with van der Waals surface area (Å²) in [7, 11) is 0. The number of nitrogens with one attached hydrogen (secondary N) is 1. The molecule has 1 aromatic carbocycles. The van der Waals surface area contributed by atoms with E-state index in [1.165, 1.54) is 5.69 Å². The largest absolute Gasteiger partial charge is 0.379 e. The molecule has 0 aliphatic carbocycles. The fourth-order valence-corrected chi connectivity index (χ4v) is 2.06. The molecule has 3 aromatic rings. The molecule has 2 aromatic heterocycles. The summed E-state index contributed by atoms with van der Waals surface area (Å²) in [6, 6.07) is 8.03. The number of anilines is 1. The van der Waals surface area contributed by atoms with Crippen LogP contribution in [0.4, 0.5) is 5.69 Å². The van der Waals surface area contributed by atoms with E-state index in [0.29, 0.717) is 0 Å². The number of hydrogen-bond acceptors (Lipinski definition) is 4. The molecule has 0 fully saturated rings. The number of hydrogen-bond donors (Lipinski definition) is 1. The quantitative estimate of drug-likeness (QED) is 0.776. The summed E-state index contributed by atoms with van der Waals surface area (Å²) in [4.78, 5) is 8.56. The molecule has 0 unspecified atom stereocenters. The lowest BCUT2D eigenvalue weighted by Crippen LogP contribution is -2.07. The van der Waals surface area contributed by atoms with Crippen LogP contribution in [0.1, 0.15) is 12.6 Å². The third-order valence-corrected chi connectivity index (χ3v) is 3.05. The summed E-state index contributed by atoms with van der Waals surface area (Å²) >= 11 is 0. The van der Waals surface area contributed by atoms with Crippen molar-refractivity contribution in [2.24, 2.45) is 0 Å². The van der Waals surface area contributed by atoms with Gasteiger partial charge in [-0.3, -0.25) is 14.6 Å². The van der Waals surface area contributed by atoms with E-state index < -0.39 is 0 Å². The van der Waals surface area contributed by atoms with Crippen molar-refractivity contribution in [3.63, 3.8) is 0 Å². The molecule has 0 atom stereocenters. The molecule has 0 amide bonds. The molecule has 0 radical (unpaired) electrons. The minimum atomic E-state index is 0.750. The van der Waals surface area contributed by atoms with Crippen LogP contribution in [0.15, 0.2) is 42.9 Å². The Morgan fingerprint density at radius 1 is 1.05 bits per heavy atom. The molecule has 0 bridgehead atoms. The molecule has 2 heterocycles. The normalized spacial score (nSPS) is 10.8. The fraction of sp³-hybridized carbons (Fsp3) is 0.214. The van der Waals surface area contributed by atoms with Gasteiger partial charge in [0.05, 0.1) is 23.3 Å². The molecule has 96 valence electrons. The molecule has 0 aliphatic heterocycles. The summed E-state index contributed by atoms with van der Waals surface area (Å²) in [5.41, 5.74) is 4.02. The van der Waals surface area contributed by atoms with Crippen molar-refractivity contribution in [2.45, 2.75) is 20.0 Å². The first-order chi connectivity index (χ1) is 9.36. The van der Waals surface area contributed by atoms with Gasteiger partial charge < -0.3 is 5.32 Å². The van der Waals surface area contributed by atoms with Gasteiger partial charge in [0.25, 0.3) is 0 Å². The average molecular weight is 253 g/mol. The van der Waals surface area contributed by atoms with Crippen LogP contribution < -0.4 is 5.32 Å². The molecule has 5 heteroatoms. The fourth-order valence-electron chi connectivity index (χ4n) is 2.06. The van der Waals surface area contributed by atoms with Crippen molar-refractivity contribution in [3.8, 4) is 0 Å². The Bertz CT molecular complexity index is 689. The lowest BCUT2D eigenvalue weighted by atomic mass is 10.2. The van der Waals surface area contributed by atoms with Gasteiger partial charge in [-0.2, -0.15) is 5.10 Å². The lowest BCUT2D eigenvalue weighted by molar-refractivity contribution is 0.627. The van der Waals surface area contributed by atoms with Crippen LogP contribution in [-0.4, -0.2) is 19.7 Å². The van der Waals surface area contributed by atoms with E-state index in [4.69, 9.17) is 0 Å². The summed E-state index contributed by atoms with van der Waals surface area (Å²) in [6.45, 7) is 3.72. The van der Waals surface area contributed by atoms with Crippen molar-refractivity contribution in [1.82, 2.24) is 19.7 Å². The predicted octanol–water partition coefficient (Wildman–Crippen LogP) is 2.46. The second-order valence-corrected chi connectivity index (χ2v) is 4.25. The average Bonchev–Trinajstić information content (AvgIpc) is 2.92. The number of aromatic nitrogens is 4. The number of aryl methyl sites for hydroxylation is 1. The second kappa shape index (κ2) is 5.06. The van der Waals surface area contributed by atoms with Gasteiger partial charge in [-0.25, -0.2) is 0 Å². The maximum Gasteiger partial charge on any atom is 0.0907 e. The topological polar surface area (TPSA) is 55.6 Å². The summed E-state index contributed by atoms with van der Waals surface area (Å²) < 4.78 is 1.98. The van der Waals surface area contributed by atoms with Gasteiger partial charge in [0.1, 0.15) is 0 Å². The smallest absolute Gasteiger partial charge is 0.0907 e. The zero-order chi connectivity index (χ0) is 13.1. The zero-order valence-corrected chi connectivity index (χ0v) is 10.7. The highest BCUT2D eigenvalue weighted by molar-refractivity contribution is 5.78. The van der Waals surface area contributed by atoms with Crippen LogP contribution in [0, 0.1) is 0 Å². The van der Waals surface area contributed by atoms with Gasteiger partial charge >= 0.3 is 0 Å². The number of rotatable bonds is 4. The molecule has 0 saturated carbocycles. The third-order valence-electron chi connectivity index (χ3n) is 3.05. The van der Waals surface area contributed by atoms with Crippen molar-refractivity contribution in [2.75, 3.05) is 5.32 Å². The van der Waals surface area contributed by atoms with Crippen molar-refractivity contribution in [1.29, 1.82) is 0 Å². The monoisotopic (exact) mass is 253 g/mol. The minimum Gasteiger partial charge on any atom is -0.379 e. The van der Waals surface area contributed by atoms with Crippen LogP contribution in [0.25, 0.3) is 11.0 Å². The van der Waals surface area contributed by atoms with E-state index in [0.717, 1.165) is 29.8 Å². The van der Waals surface area contributed by atoms with Crippen LogP contribution in [0.5, 0.6) is 0 Å². The van der Waals surface area contributed by atoms with Crippen LogP contribution in [-0.2, 0) is 13.1 Å². The van der Waals surface area contributed by atoms with Crippen LogP contribution in [0.3, 0.4) is 0 Å². The Balaban J connectivity index is 1.78. The highest BCUT2D eigenvalue weighted by Gasteiger charge is 2.01. The Morgan fingerprint density at radius 3 is 2.74 bits per heavy atom. The molecule has 1 N–H and O–H groups in total. The first kappa shape index (κ1) is 11.6. The van der Waals surface area contributed by atoms with E-state index in [9.17, 15) is 0 Å². The van der Waals surface area contributed by atoms with Crippen molar-refractivity contribution >= 4 is 16.7 Å². The zero-order valence-electron chi connectivity index (χ0n) is 10.7. The van der Waals surface area contributed by atoms with Gasteiger partial charge in [-0.15, -0.1) is 0 Å². The lowest BCUT2D eigenvalue weighted by Gasteiger charge is -2.08. The Morgan fingerprint density at radius 2 is 1.89 bits per heavy atom. The Labute approximate surface area is 111 Å². The molecule has 3 rings (SSSR count). The first-order valence-electron chi connectivity index (χ1n) is 6.32. The van der Waals surface area contributed by atoms with Gasteiger partial charge in [0.15, 0.2) is 0 Å². The minimum absolute atomic E-state index is 0.750. The van der Waals surface area contributed by atoms with Gasteiger partial charge in [-0.1, -0.05) is 0 Å². The number of nitrogens with zero attached hydrogens (tertiary/aromatic N) is 4. The van der Waals surface area contributed by atoms with Gasteiger partial charge in [0, 0.05) is 30.8 Å². The predicted molar refractivity (Wildman–Crippen MR) is 74.8 cm³/mol. The van der Waals surface area contributed by atoms with Gasteiger partial charge in [-0.05, 0) is 31.2 Å². The molecule has 0 spiro atoms. The second-order valence-electron chi connectivity index (χ2n) is 4.25. The first-order valence-corrected chi connectivity index (χ1v) is 6.32. The summed E-state index contributed by atoms with van der Waals surface area (Å²) in [5.74, 6) is 0. The maximum absolute atomic E-state index is 4.30. The Kier molecular flexibility index (Phi) is 3.10. The molecular formula is C14H15N5. The molecule has 19 heavy (non-hydrogen) atoms. The van der Waals surface area contributed by atoms with Crippen LogP contribution in [0.2, 0.25) is 0 Å². The Hall–Kier alpha value is -2.43. The van der Waals surface area contributed by atoms with E-state index in [-0.39, 0.29) is 0 Å². The third kappa shape index (κ3) is 2.40. The standard InChI is InChI=1S/C14H15N5/c1-2-19-12(5-6-18-19)10-17-11-3-4-13-14(9-11)16-8-7-15-13/h3-9,17H,2,10H2,1H3. The van der Waals surface area contributed by atoms with Crippen molar-refractivity contribution < 1.29 is 0 Å². The van der Waals surface area contributed by atoms with Crippen LogP contribution >= 0.6 is 0 Å². The number of fused-ring (bicyclic) bond motifs is 1. The van der Waals surface area contributed by atoms with E-state index in [2.05, 4.69) is 27.3 Å². The highest BCUT2D eigenvalue weighted by Crippen LogP contribution is 2.15. The van der Waals surface area contributed by atoms with E-state index >= 15 is 0 Å². The van der Waals surface area contributed by atoms with E-state index in [1.807, 2.05) is 35.1 Å². The molecular weight excluding hydrogens is 238 g/mol. The summed E-state index contributed by atoms with van der Waals surface area (Å²) in [6.07, 6.45) is 5.24. The highest BCUT2D eigenvalue weighted by atomic mass is 15.3.